The summed E-state index contributed by atoms with van der Waals surface area (Å²) in [6, 6.07) is 78.8. The minimum Gasteiger partial charge on any atom is -0.455 e. The molecule has 0 saturated carbocycles. The fourth-order valence-corrected chi connectivity index (χ4v) is 11.3. The van der Waals surface area contributed by atoms with E-state index in [1.807, 2.05) is 12.1 Å². The third-order valence-electron chi connectivity index (χ3n) is 14.2. The summed E-state index contributed by atoms with van der Waals surface area (Å²) < 4.78 is 6.71. The molecule has 9 aromatic carbocycles. The highest BCUT2D eigenvalue weighted by atomic mass is 16.3. The number of furan rings is 1. The fraction of sp³-hybridized carbons (Fsp3) is 0.0645. The first kappa shape index (κ1) is 37.4. The van der Waals surface area contributed by atoms with E-state index in [0.717, 1.165) is 66.7 Å². The minimum absolute atomic E-state index is 0.190. The number of fused-ring (bicyclic) bond motifs is 12. The molecule has 2 aliphatic rings. The van der Waals surface area contributed by atoms with Crippen molar-refractivity contribution in [1.82, 2.24) is 9.97 Å². The summed E-state index contributed by atoms with van der Waals surface area (Å²) in [5, 5.41) is 2.15. The highest BCUT2D eigenvalue weighted by molar-refractivity contribution is 6.09. The summed E-state index contributed by atoms with van der Waals surface area (Å²) in [5.74, 6) is 0.665. The number of hydrogen-bond acceptors (Lipinski definition) is 3. The molecule has 2 heterocycles. The number of para-hydroxylation sites is 2. The summed E-state index contributed by atoms with van der Waals surface area (Å²) in [5.41, 5.74) is 20.3. The van der Waals surface area contributed by atoms with Crippen LogP contribution in [0.3, 0.4) is 0 Å². The molecule has 306 valence electrons. The Morgan fingerprint density at radius 2 is 0.892 bits per heavy atom. The van der Waals surface area contributed by atoms with Crippen LogP contribution >= 0.6 is 0 Å². The molecule has 0 N–H and O–H groups in total. The molecule has 0 atom stereocenters. The molecular weight excluding hydrogens is 789 g/mol. The Morgan fingerprint density at radius 1 is 0.354 bits per heavy atom. The van der Waals surface area contributed by atoms with E-state index in [9.17, 15) is 0 Å². The molecule has 0 radical (unpaired) electrons. The lowest BCUT2D eigenvalue weighted by molar-refractivity contribution is 0.563. The van der Waals surface area contributed by atoms with Gasteiger partial charge in [0.15, 0.2) is 5.82 Å². The topological polar surface area (TPSA) is 38.9 Å². The van der Waals surface area contributed by atoms with Crippen molar-refractivity contribution in [3.05, 3.63) is 252 Å². The quantitative estimate of drug-likeness (QED) is 0.173. The van der Waals surface area contributed by atoms with Gasteiger partial charge in [-0.1, -0.05) is 208 Å². The fourth-order valence-electron chi connectivity index (χ4n) is 11.3. The Morgan fingerprint density at radius 3 is 1.63 bits per heavy atom. The van der Waals surface area contributed by atoms with Crippen molar-refractivity contribution in [3.63, 3.8) is 0 Å². The van der Waals surface area contributed by atoms with Crippen molar-refractivity contribution in [2.45, 2.75) is 24.7 Å². The zero-order valence-electron chi connectivity index (χ0n) is 36.1. The van der Waals surface area contributed by atoms with E-state index in [1.165, 1.54) is 50.1 Å². The van der Waals surface area contributed by atoms with Gasteiger partial charge in [-0.15, -0.1) is 0 Å². The van der Waals surface area contributed by atoms with Crippen LogP contribution in [-0.4, -0.2) is 9.97 Å². The minimum atomic E-state index is -0.543. The lowest BCUT2D eigenvalue weighted by Crippen LogP contribution is -2.40. The Labute approximate surface area is 378 Å². The molecule has 11 aromatic rings. The molecule has 2 aliphatic carbocycles. The van der Waals surface area contributed by atoms with Gasteiger partial charge < -0.3 is 4.42 Å². The van der Waals surface area contributed by atoms with Crippen LogP contribution in [0.1, 0.15) is 47.2 Å². The van der Waals surface area contributed by atoms with E-state index in [4.69, 9.17) is 14.4 Å². The zero-order valence-corrected chi connectivity index (χ0v) is 36.1. The first-order valence-corrected chi connectivity index (χ1v) is 22.5. The van der Waals surface area contributed by atoms with E-state index >= 15 is 0 Å². The SMILES string of the molecule is CC1(C)c2ccccc2C2(c3ccccc3-c3c(-c4nc(-c5ccc(-c6ccccc6)cc5-c5ccccc5)cc(-c5cccc6c5oc5ccccc56)n4)cccc32)c2ccccc21. The molecule has 2 aromatic heterocycles. The molecule has 0 unspecified atom stereocenters. The molecule has 13 rings (SSSR count). The third-order valence-corrected chi connectivity index (χ3v) is 14.2. The molecule has 0 fully saturated rings. The summed E-state index contributed by atoms with van der Waals surface area (Å²) in [7, 11) is 0. The Hall–Kier alpha value is -8.14. The van der Waals surface area contributed by atoms with Crippen LogP contribution < -0.4 is 0 Å². The van der Waals surface area contributed by atoms with Gasteiger partial charge in [0.25, 0.3) is 0 Å². The second-order valence-corrected chi connectivity index (χ2v) is 18.0. The van der Waals surface area contributed by atoms with Crippen molar-refractivity contribution in [3.8, 4) is 67.3 Å². The molecule has 65 heavy (non-hydrogen) atoms. The van der Waals surface area contributed by atoms with Crippen LogP contribution in [0.25, 0.3) is 89.2 Å². The molecule has 3 heteroatoms. The molecule has 3 nitrogen and oxygen atoms in total. The van der Waals surface area contributed by atoms with E-state index in [-0.39, 0.29) is 5.41 Å². The maximum atomic E-state index is 6.71. The van der Waals surface area contributed by atoms with Gasteiger partial charge in [0.05, 0.1) is 16.8 Å². The van der Waals surface area contributed by atoms with E-state index < -0.39 is 5.41 Å². The van der Waals surface area contributed by atoms with Crippen LogP contribution in [0.15, 0.2) is 223 Å². The van der Waals surface area contributed by atoms with E-state index in [1.54, 1.807) is 0 Å². The van der Waals surface area contributed by atoms with E-state index in [2.05, 4.69) is 220 Å². The predicted molar refractivity (Wildman–Crippen MR) is 266 cm³/mol. The lowest BCUT2D eigenvalue weighted by Gasteiger charge is -2.46. The number of benzene rings is 9. The summed E-state index contributed by atoms with van der Waals surface area (Å²) in [4.78, 5) is 11.3. The molecule has 0 amide bonds. The van der Waals surface area contributed by atoms with Crippen molar-refractivity contribution in [2.75, 3.05) is 0 Å². The lowest BCUT2D eigenvalue weighted by atomic mass is 9.55. The average Bonchev–Trinajstić information content (AvgIpc) is 3.90. The maximum Gasteiger partial charge on any atom is 0.161 e. The number of hydrogen-bond donors (Lipinski definition) is 0. The second-order valence-electron chi connectivity index (χ2n) is 18.0. The molecular formula is C62H42N2O. The largest absolute Gasteiger partial charge is 0.455 e. The Balaban J connectivity index is 1.11. The van der Waals surface area contributed by atoms with Gasteiger partial charge in [0, 0.05) is 32.9 Å². The van der Waals surface area contributed by atoms with Crippen molar-refractivity contribution in [1.29, 1.82) is 0 Å². The maximum absolute atomic E-state index is 6.71. The number of nitrogens with zero attached hydrogens (tertiary/aromatic N) is 2. The van der Waals surface area contributed by atoms with Crippen molar-refractivity contribution in [2.24, 2.45) is 0 Å². The highest BCUT2D eigenvalue weighted by Gasteiger charge is 2.53. The Bertz CT molecular complexity index is 3640. The molecule has 0 saturated heterocycles. The molecule has 1 spiro atoms. The highest BCUT2D eigenvalue weighted by Crippen LogP contribution is 2.63. The van der Waals surface area contributed by atoms with Crippen LogP contribution in [0.4, 0.5) is 0 Å². The molecule has 0 bridgehead atoms. The standard InChI is InChI=1S/C62H42N2O/c1-61(2)50-29-12-14-31-52(50)62(53-32-15-13-30-51(53)61)49-28-11-9-24-45(49)58-47(27-18-33-54(58)62)60-63-55(38-56(64-60)46-26-17-25-44-43-23-10-16-34-57(43)65-59(44)46)42-36-35-41(39-19-5-3-6-20-39)37-48(42)40-21-7-4-8-22-40/h3-38H,1-2H3. The van der Waals surface area contributed by atoms with Crippen molar-refractivity contribution < 1.29 is 4.42 Å². The normalized spacial score (nSPS) is 13.9. The van der Waals surface area contributed by atoms with Gasteiger partial charge in [-0.2, -0.15) is 0 Å². The second kappa shape index (κ2) is 14.2. The predicted octanol–water partition coefficient (Wildman–Crippen LogP) is 15.7. The van der Waals surface area contributed by atoms with Crippen LogP contribution in [-0.2, 0) is 10.8 Å². The van der Waals surface area contributed by atoms with Gasteiger partial charge in [0.2, 0.25) is 0 Å². The zero-order chi connectivity index (χ0) is 43.3. The molecule has 0 aliphatic heterocycles. The van der Waals surface area contributed by atoms with Gasteiger partial charge in [-0.05, 0) is 91.0 Å². The number of aromatic nitrogens is 2. The van der Waals surface area contributed by atoms with Crippen LogP contribution in [0.2, 0.25) is 0 Å². The van der Waals surface area contributed by atoms with Crippen LogP contribution in [0, 0.1) is 0 Å². The summed E-state index contributed by atoms with van der Waals surface area (Å²) >= 11 is 0. The van der Waals surface area contributed by atoms with Crippen LogP contribution in [0.5, 0.6) is 0 Å². The first-order valence-electron chi connectivity index (χ1n) is 22.5. The summed E-state index contributed by atoms with van der Waals surface area (Å²) in [6.45, 7) is 4.74. The smallest absolute Gasteiger partial charge is 0.161 e. The number of rotatable bonds is 5. The summed E-state index contributed by atoms with van der Waals surface area (Å²) in [6.07, 6.45) is 0. The first-order chi connectivity index (χ1) is 32.0. The van der Waals surface area contributed by atoms with Gasteiger partial charge in [-0.25, -0.2) is 9.97 Å². The van der Waals surface area contributed by atoms with Gasteiger partial charge >= 0.3 is 0 Å². The monoisotopic (exact) mass is 830 g/mol. The average molecular weight is 831 g/mol. The van der Waals surface area contributed by atoms with Gasteiger partial charge in [0.1, 0.15) is 11.2 Å². The van der Waals surface area contributed by atoms with Gasteiger partial charge in [-0.3, -0.25) is 0 Å². The third kappa shape index (κ3) is 5.42. The Kier molecular flexibility index (Phi) is 8.17. The van der Waals surface area contributed by atoms with E-state index in [0.29, 0.717) is 5.82 Å². The van der Waals surface area contributed by atoms with Crippen molar-refractivity contribution >= 4 is 21.9 Å².